The van der Waals surface area contributed by atoms with Crippen LogP contribution in [-0.4, -0.2) is 113 Å². The van der Waals surface area contributed by atoms with Crippen molar-refractivity contribution in [2.24, 2.45) is 0 Å². The van der Waals surface area contributed by atoms with Gasteiger partial charge in [0, 0.05) is 26.2 Å². The maximum absolute atomic E-state index is 12.7. The van der Waals surface area contributed by atoms with E-state index in [1.165, 1.54) is 14.2 Å². The van der Waals surface area contributed by atoms with Gasteiger partial charge in [-0.2, -0.15) is 0 Å². The summed E-state index contributed by atoms with van der Waals surface area (Å²) >= 11 is 0. The van der Waals surface area contributed by atoms with E-state index in [1.807, 2.05) is 102 Å². The number of esters is 2. The van der Waals surface area contributed by atoms with Crippen LogP contribution in [0.3, 0.4) is 0 Å². The maximum atomic E-state index is 12.7. The van der Waals surface area contributed by atoms with Crippen molar-refractivity contribution in [3.63, 3.8) is 0 Å². The van der Waals surface area contributed by atoms with E-state index in [4.69, 9.17) is 37.6 Å². The molecule has 0 unspecified atom stereocenters. The second-order valence-electron chi connectivity index (χ2n) is 14.9. The lowest BCUT2D eigenvalue weighted by Crippen LogP contribution is -2.43. The normalized spacial score (nSPS) is 18.8. The topological polar surface area (TPSA) is 114 Å². The molecule has 0 aliphatic carbocycles. The first-order chi connectivity index (χ1) is 23.3. The van der Waals surface area contributed by atoms with Gasteiger partial charge < -0.3 is 37.6 Å². The van der Waals surface area contributed by atoms with Gasteiger partial charge in [0.2, 0.25) is 0 Å². The van der Waals surface area contributed by atoms with Gasteiger partial charge in [-0.15, -0.1) is 0 Å². The molecule has 2 aromatic carbocycles. The van der Waals surface area contributed by atoms with Gasteiger partial charge in [-0.3, -0.25) is 19.4 Å². The fourth-order valence-corrected chi connectivity index (χ4v) is 5.78. The Morgan fingerprint density at radius 1 is 0.580 bits per heavy atom. The van der Waals surface area contributed by atoms with Crippen LogP contribution < -0.4 is 20.4 Å². The number of carbonyl (C=O) groups is 2. The first-order valence-corrected chi connectivity index (χ1v) is 17.0. The molecule has 50 heavy (non-hydrogen) atoms. The van der Waals surface area contributed by atoms with Gasteiger partial charge in [0.1, 0.15) is 11.5 Å². The molecule has 0 spiro atoms. The Morgan fingerprint density at radius 2 is 0.900 bits per heavy atom. The zero-order chi connectivity index (χ0) is 37.1. The second kappa shape index (κ2) is 15.6. The zero-order valence-corrected chi connectivity index (χ0v) is 31.8. The van der Waals surface area contributed by atoms with Crippen LogP contribution in [0.5, 0.6) is 11.5 Å². The van der Waals surface area contributed by atoms with E-state index in [1.54, 1.807) is 14.2 Å². The third kappa shape index (κ3) is 9.02. The van der Waals surface area contributed by atoms with Crippen molar-refractivity contribution in [2.75, 3.05) is 54.6 Å². The highest BCUT2D eigenvalue weighted by atomic mass is 16.7. The molecule has 2 fully saturated rings. The summed E-state index contributed by atoms with van der Waals surface area (Å²) in [6.45, 7) is 17.6. The van der Waals surface area contributed by atoms with Crippen molar-refractivity contribution < 1.29 is 47.2 Å². The second-order valence-corrected chi connectivity index (χ2v) is 14.9. The van der Waals surface area contributed by atoms with Gasteiger partial charge in [-0.1, -0.05) is 12.1 Å². The fraction of sp³-hybridized carbons (Fsp3) is 0.611. The predicted molar refractivity (Wildman–Crippen MR) is 192 cm³/mol. The van der Waals surface area contributed by atoms with Crippen molar-refractivity contribution in [2.45, 2.75) is 90.9 Å². The lowest BCUT2D eigenvalue weighted by atomic mass is 9.75. The summed E-state index contributed by atoms with van der Waals surface area (Å²) in [5.41, 5.74) is 1.30. The molecule has 4 rings (SSSR count). The van der Waals surface area contributed by atoms with E-state index in [2.05, 4.69) is 0 Å². The summed E-state index contributed by atoms with van der Waals surface area (Å²) < 4.78 is 46.9. The Labute approximate surface area is 298 Å². The minimum absolute atomic E-state index is 0.0148. The molecule has 0 N–H and O–H groups in total. The minimum atomic E-state index is -0.613. The van der Waals surface area contributed by atoms with Crippen molar-refractivity contribution in [1.29, 1.82) is 0 Å². The molecular formula is C36H54B2N2O10. The van der Waals surface area contributed by atoms with Crippen molar-refractivity contribution in [1.82, 2.24) is 9.80 Å². The van der Waals surface area contributed by atoms with E-state index in [0.29, 0.717) is 37.7 Å². The number of hydrogen-bond acceptors (Lipinski definition) is 12. The fourth-order valence-electron chi connectivity index (χ4n) is 5.78. The first kappa shape index (κ1) is 39.7. The first-order valence-electron chi connectivity index (χ1n) is 17.0. The molecule has 2 aromatic rings. The summed E-state index contributed by atoms with van der Waals surface area (Å²) in [4.78, 5) is 29.4. The van der Waals surface area contributed by atoms with Crippen LogP contribution in [-0.2, 0) is 50.8 Å². The molecule has 0 radical (unpaired) electrons. The van der Waals surface area contributed by atoms with Crippen LogP contribution in [0.15, 0.2) is 36.4 Å². The quantitative estimate of drug-likeness (QED) is 0.202. The smallest absolute Gasteiger partial charge is 0.495 e. The van der Waals surface area contributed by atoms with E-state index < -0.39 is 36.6 Å². The average molecular weight is 696 g/mol. The van der Waals surface area contributed by atoms with E-state index >= 15 is 0 Å². The summed E-state index contributed by atoms with van der Waals surface area (Å²) in [5, 5.41) is 0. The van der Waals surface area contributed by atoms with Crippen LogP contribution in [0, 0.1) is 0 Å². The number of ether oxygens (including phenoxy) is 4. The van der Waals surface area contributed by atoms with Crippen LogP contribution in [0.25, 0.3) is 0 Å². The molecule has 0 atom stereocenters. The summed E-state index contributed by atoms with van der Waals surface area (Å²) in [6.07, 6.45) is 0. The number of hydrogen-bond donors (Lipinski definition) is 0. The Morgan fingerprint density at radius 3 is 1.18 bits per heavy atom. The van der Waals surface area contributed by atoms with E-state index in [9.17, 15) is 9.59 Å². The Bertz CT molecular complexity index is 1370. The summed E-state index contributed by atoms with van der Waals surface area (Å²) in [7, 11) is 4.73. The highest BCUT2D eigenvalue weighted by molar-refractivity contribution is 6.63. The molecule has 0 amide bonds. The molecule has 2 heterocycles. The van der Waals surface area contributed by atoms with E-state index in [0.717, 1.165) is 22.1 Å². The molecule has 2 saturated heterocycles. The van der Waals surface area contributed by atoms with E-state index in [-0.39, 0.29) is 25.0 Å². The lowest BCUT2D eigenvalue weighted by Gasteiger charge is -2.32. The molecule has 274 valence electrons. The van der Waals surface area contributed by atoms with Gasteiger partial charge in [0.05, 0.1) is 63.9 Å². The number of methoxy groups -OCH3 is 4. The van der Waals surface area contributed by atoms with Crippen molar-refractivity contribution in [3.8, 4) is 11.5 Å². The lowest BCUT2D eigenvalue weighted by molar-refractivity contribution is -0.143. The number of rotatable bonds is 15. The number of carbonyl (C=O) groups excluding carboxylic acids is 2. The van der Waals surface area contributed by atoms with Crippen LogP contribution in [0.2, 0.25) is 0 Å². The highest BCUT2D eigenvalue weighted by Gasteiger charge is 2.53. The number of nitrogens with zero attached hydrogens (tertiary/aromatic N) is 2. The van der Waals surface area contributed by atoms with Gasteiger partial charge in [0.15, 0.2) is 0 Å². The minimum Gasteiger partial charge on any atom is -0.497 e. The number of benzene rings is 2. The van der Waals surface area contributed by atoms with Crippen LogP contribution in [0.4, 0.5) is 0 Å². The molecule has 0 saturated carbocycles. The monoisotopic (exact) mass is 696 g/mol. The molecular weight excluding hydrogens is 642 g/mol. The third-order valence-corrected chi connectivity index (χ3v) is 10.4. The molecule has 0 aromatic heterocycles. The standard InChI is InChI=1S/C36H54B2N2O10/c1-33(2)34(3,4)48-37(47-33)29-15-13-27(43-9)19-25(29)21-39(23-31(41)45-11)17-18-40(24-32(42)46-12)22-26-20-28(44-10)14-16-30(26)38-49-35(5,6)36(7,8)50-38/h13-16,19-20H,17-18,21-24H2,1-12H3. The molecule has 12 nitrogen and oxygen atoms in total. The van der Waals surface area contributed by atoms with Crippen molar-refractivity contribution >= 4 is 37.1 Å². The SMILES string of the molecule is COC(=O)CN(CCN(CC(=O)OC)Cc1cc(OC)ccc1B1OC(C)(C)C(C)(C)O1)Cc1cc(OC)ccc1B1OC(C)(C)C(C)(C)O1. The summed E-state index contributed by atoms with van der Waals surface area (Å²) in [6, 6.07) is 11.5. The Kier molecular flexibility index (Phi) is 12.4. The predicted octanol–water partition coefficient (Wildman–Crippen LogP) is 2.95. The van der Waals surface area contributed by atoms with Gasteiger partial charge in [0.25, 0.3) is 0 Å². The maximum Gasteiger partial charge on any atom is 0.495 e. The van der Waals surface area contributed by atoms with Crippen LogP contribution in [0.1, 0.15) is 66.5 Å². The Hall–Kier alpha value is -3.13. The molecule has 14 heteroatoms. The third-order valence-electron chi connectivity index (χ3n) is 10.4. The zero-order valence-electron chi connectivity index (χ0n) is 31.8. The summed E-state index contributed by atoms with van der Waals surface area (Å²) in [5.74, 6) is 0.554. The van der Waals surface area contributed by atoms with Crippen LogP contribution >= 0.6 is 0 Å². The Balaban J connectivity index is 1.63. The van der Waals surface area contributed by atoms with Gasteiger partial charge >= 0.3 is 26.2 Å². The van der Waals surface area contributed by atoms with Crippen molar-refractivity contribution in [3.05, 3.63) is 47.5 Å². The molecule has 2 aliphatic rings. The molecule has 2 aliphatic heterocycles. The molecule has 0 bridgehead atoms. The van der Waals surface area contributed by atoms with Gasteiger partial charge in [-0.05, 0) is 102 Å². The highest BCUT2D eigenvalue weighted by Crippen LogP contribution is 2.38. The van der Waals surface area contributed by atoms with Gasteiger partial charge in [-0.25, -0.2) is 0 Å². The largest absolute Gasteiger partial charge is 0.497 e. The average Bonchev–Trinajstić information content (AvgIpc) is 3.41.